The van der Waals surface area contributed by atoms with Crippen LogP contribution in [0.5, 0.6) is 5.75 Å². The minimum atomic E-state index is 0.774. The van der Waals surface area contributed by atoms with Crippen molar-refractivity contribution in [1.82, 2.24) is 5.16 Å². The lowest BCUT2D eigenvalue weighted by atomic mass is 10.1. The highest BCUT2D eigenvalue weighted by Gasteiger charge is 2.01. The van der Waals surface area contributed by atoms with Gasteiger partial charge in [0.2, 0.25) is 0 Å². The van der Waals surface area contributed by atoms with Gasteiger partial charge in [0.05, 0.1) is 12.8 Å². The third kappa shape index (κ3) is 5.62. The highest BCUT2D eigenvalue weighted by Crippen LogP contribution is 2.20. The second kappa shape index (κ2) is 9.22. The van der Waals surface area contributed by atoms with Gasteiger partial charge in [-0.25, -0.2) is 0 Å². The van der Waals surface area contributed by atoms with E-state index >= 15 is 0 Å². The summed E-state index contributed by atoms with van der Waals surface area (Å²) in [6.45, 7) is 4.52. The topological polar surface area (TPSA) is 35.3 Å². The molecular weight excluding hydrogens is 262 g/mol. The van der Waals surface area contributed by atoms with Gasteiger partial charge in [0, 0.05) is 11.5 Å². The Morgan fingerprint density at radius 1 is 1.05 bits per heavy atom. The monoisotopic (exact) mass is 287 g/mol. The summed E-state index contributed by atoms with van der Waals surface area (Å²) in [5, 5.41) is 4.78. The van der Waals surface area contributed by atoms with Crippen LogP contribution >= 0.6 is 0 Å². The number of aromatic nitrogens is 1. The number of hydrogen-bond donors (Lipinski definition) is 0. The first-order chi connectivity index (χ1) is 10.4. The van der Waals surface area contributed by atoms with Crippen molar-refractivity contribution >= 4 is 11.0 Å². The third-order valence-corrected chi connectivity index (χ3v) is 3.65. The Labute approximate surface area is 127 Å². The van der Waals surface area contributed by atoms with E-state index in [9.17, 15) is 0 Å². The van der Waals surface area contributed by atoms with Gasteiger partial charge in [-0.1, -0.05) is 43.3 Å². The lowest BCUT2D eigenvalue weighted by molar-refractivity contribution is 0.304. The van der Waals surface area contributed by atoms with Crippen molar-refractivity contribution in [2.75, 3.05) is 6.61 Å². The number of unbranched alkanes of at least 4 members (excludes halogenated alkanes) is 7. The Bertz CT molecular complexity index is 533. The van der Waals surface area contributed by atoms with Crippen LogP contribution in [0.25, 0.3) is 11.0 Å². The highest BCUT2D eigenvalue weighted by molar-refractivity contribution is 5.77. The highest BCUT2D eigenvalue weighted by atomic mass is 16.5. The van der Waals surface area contributed by atoms with Crippen LogP contribution in [0.4, 0.5) is 0 Å². The van der Waals surface area contributed by atoms with E-state index in [-0.39, 0.29) is 0 Å². The fourth-order valence-electron chi connectivity index (χ4n) is 2.39. The minimum Gasteiger partial charge on any atom is -0.493 e. The molecule has 1 aromatic carbocycles. The maximum Gasteiger partial charge on any atom is 0.170 e. The van der Waals surface area contributed by atoms with Gasteiger partial charge >= 0.3 is 0 Å². The average Bonchev–Trinajstić information content (AvgIpc) is 2.97. The van der Waals surface area contributed by atoms with E-state index in [1.54, 1.807) is 6.20 Å². The van der Waals surface area contributed by atoms with Crippen molar-refractivity contribution in [3.63, 3.8) is 0 Å². The van der Waals surface area contributed by atoms with E-state index < -0.39 is 0 Å². The van der Waals surface area contributed by atoms with E-state index in [1.807, 2.05) is 24.3 Å². The average molecular weight is 287 g/mol. The van der Waals surface area contributed by atoms with Crippen LogP contribution in [0.3, 0.4) is 0 Å². The van der Waals surface area contributed by atoms with E-state index in [0.29, 0.717) is 0 Å². The molecule has 0 aliphatic heterocycles. The molecule has 0 saturated heterocycles. The molecule has 0 amide bonds. The van der Waals surface area contributed by atoms with E-state index in [2.05, 4.69) is 11.7 Å². The fraction of sp³-hybridized carbons (Fsp3) is 0.500. The summed E-state index contributed by atoms with van der Waals surface area (Å²) in [6, 6.07) is 5.85. The molecule has 2 rings (SSSR count). The van der Waals surface area contributed by atoms with Gasteiger partial charge in [0.1, 0.15) is 5.75 Å². The molecule has 3 heteroatoms. The quantitative estimate of drug-likeness (QED) is 0.403. The SMILES string of the molecule is C=CCCCCCCCCCOc1ccc2cnoc2c1. The molecule has 1 heterocycles. The Hall–Kier alpha value is -1.77. The zero-order valence-electron chi connectivity index (χ0n) is 12.7. The van der Waals surface area contributed by atoms with Crippen molar-refractivity contribution in [3.8, 4) is 5.75 Å². The van der Waals surface area contributed by atoms with Crippen LogP contribution in [0.15, 0.2) is 41.6 Å². The lowest BCUT2D eigenvalue weighted by Crippen LogP contribution is -1.97. The Morgan fingerprint density at radius 3 is 2.62 bits per heavy atom. The number of nitrogens with zero attached hydrogens (tertiary/aromatic N) is 1. The van der Waals surface area contributed by atoms with Crippen molar-refractivity contribution in [1.29, 1.82) is 0 Å². The maximum absolute atomic E-state index is 5.74. The molecule has 114 valence electrons. The minimum absolute atomic E-state index is 0.774. The largest absolute Gasteiger partial charge is 0.493 e. The zero-order valence-corrected chi connectivity index (χ0v) is 12.7. The molecule has 1 aromatic heterocycles. The van der Waals surface area contributed by atoms with E-state index in [0.717, 1.165) is 36.2 Å². The van der Waals surface area contributed by atoms with E-state index in [1.165, 1.54) is 38.5 Å². The van der Waals surface area contributed by atoms with Crippen LogP contribution in [-0.2, 0) is 0 Å². The number of hydrogen-bond acceptors (Lipinski definition) is 3. The number of rotatable bonds is 11. The standard InChI is InChI=1S/C18H25NO2/c1-2-3-4-5-6-7-8-9-10-13-20-17-12-11-16-15-19-21-18(16)14-17/h2,11-12,14-15H,1,3-10,13H2. The molecule has 3 nitrogen and oxygen atoms in total. The second-order valence-corrected chi connectivity index (χ2v) is 5.43. The van der Waals surface area contributed by atoms with Gasteiger partial charge in [-0.2, -0.15) is 0 Å². The summed E-state index contributed by atoms with van der Waals surface area (Å²) in [4.78, 5) is 0. The molecule has 0 aliphatic rings. The number of benzene rings is 1. The number of allylic oxidation sites excluding steroid dienone is 1. The summed E-state index contributed by atoms with van der Waals surface area (Å²) in [6.07, 6.45) is 13.8. The van der Waals surface area contributed by atoms with Crippen LogP contribution in [0.1, 0.15) is 51.4 Å². The predicted molar refractivity (Wildman–Crippen MR) is 86.6 cm³/mol. The predicted octanol–water partition coefficient (Wildman–Crippen LogP) is 5.51. The Morgan fingerprint density at radius 2 is 1.81 bits per heavy atom. The van der Waals surface area contributed by atoms with Crippen molar-refractivity contribution in [2.24, 2.45) is 0 Å². The fourth-order valence-corrected chi connectivity index (χ4v) is 2.39. The molecule has 0 unspecified atom stereocenters. The van der Waals surface area contributed by atoms with Gasteiger partial charge in [0.15, 0.2) is 5.58 Å². The molecule has 0 saturated carbocycles. The maximum atomic E-state index is 5.74. The first kappa shape index (κ1) is 15.6. The summed E-state index contributed by atoms with van der Waals surface area (Å²) < 4.78 is 10.9. The van der Waals surface area contributed by atoms with Gasteiger partial charge in [-0.3, -0.25) is 0 Å². The summed E-state index contributed by atoms with van der Waals surface area (Å²) in [7, 11) is 0. The first-order valence-electron chi connectivity index (χ1n) is 7.98. The van der Waals surface area contributed by atoms with Crippen molar-refractivity contribution < 1.29 is 9.26 Å². The normalized spacial score (nSPS) is 10.9. The number of ether oxygens (including phenoxy) is 1. The van der Waals surface area contributed by atoms with Crippen LogP contribution in [0.2, 0.25) is 0 Å². The zero-order chi connectivity index (χ0) is 14.8. The van der Waals surface area contributed by atoms with Gasteiger partial charge in [-0.15, -0.1) is 6.58 Å². The van der Waals surface area contributed by atoms with Crippen molar-refractivity contribution in [2.45, 2.75) is 51.4 Å². The molecule has 0 fully saturated rings. The van der Waals surface area contributed by atoms with Crippen LogP contribution in [0, 0.1) is 0 Å². The summed E-state index contributed by atoms with van der Waals surface area (Å²) >= 11 is 0. The third-order valence-electron chi connectivity index (χ3n) is 3.65. The Balaban J connectivity index is 1.50. The lowest BCUT2D eigenvalue weighted by Gasteiger charge is -2.05. The molecule has 0 spiro atoms. The van der Waals surface area contributed by atoms with Crippen LogP contribution in [-0.4, -0.2) is 11.8 Å². The second-order valence-electron chi connectivity index (χ2n) is 5.43. The summed E-state index contributed by atoms with van der Waals surface area (Å²) in [5.41, 5.74) is 0.784. The Kier molecular flexibility index (Phi) is 6.85. The molecule has 0 N–H and O–H groups in total. The van der Waals surface area contributed by atoms with E-state index in [4.69, 9.17) is 9.26 Å². The molecule has 2 aromatic rings. The molecule has 0 radical (unpaired) electrons. The first-order valence-corrected chi connectivity index (χ1v) is 7.98. The molecule has 0 atom stereocenters. The molecule has 0 bridgehead atoms. The van der Waals surface area contributed by atoms with Gasteiger partial charge in [-0.05, 0) is 31.4 Å². The molecule has 0 aliphatic carbocycles. The van der Waals surface area contributed by atoms with Crippen molar-refractivity contribution in [3.05, 3.63) is 37.1 Å². The number of fused-ring (bicyclic) bond motifs is 1. The van der Waals surface area contributed by atoms with Gasteiger partial charge in [0.25, 0.3) is 0 Å². The molecule has 21 heavy (non-hydrogen) atoms. The molecular formula is C18H25NO2. The van der Waals surface area contributed by atoms with Crippen LogP contribution < -0.4 is 4.74 Å². The smallest absolute Gasteiger partial charge is 0.170 e. The summed E-state index contributed by atoms with van der Waals surface area (Å²) in [5.74, 6) is 0.865. The van der Waals surface area contributed by atoms with Gasteiger partial charge < -0.3 is 9.26 Å².